The lowest BCUT2D eigenvalue weighted by Crippen LogP contribution is -2.33. The molecule has 164 valence electrons. The van der Waals surface area contributed by atoms with Gasteiger partial charge in [0.1, 0.15) is 17.2 Å². The van der Waals surface area contributed by atoms with E-state index >= 15 is 0 Å². The maximum Gasteiger partial charge on any atom is 0.171 e. The van der Waals surface area contributed by atoms with Crippen molar-refractivity contribution >= 4 is 28.7 Å². The summed E-state index contributed by atoms with van der Waals surface area (Å²) in [7, 11) is 3.26. The van der Waals surface area contributed by atoms with E-state index in [-0.39, 0.29) is 5.75 Å². The molecule has 32 heavy (non-hydrogen) atoms. The van der Waals surface area contributed by atoms with Gasteiger partial charge in [-0.25, -0.2) is 0 Å². The molecule has 1 saturated heterocycles. The molecule has 0 amide bonds. The van der Waals surface area contributed by atoms with Crippen LogP contribution >= 0.6 is 11.8 Å². The van der Waals surface area contributed by atoms with Gasteiger partial charge in [0.25, 0.3) is 0 Å². The highest BCUT2D eigenvalue weighted by Gasteiger charge is 2.34. The number of benzene rings is 3. The number of anilines is 1. The van der Waals surface area contributed by atoms with Crippen molar-refractivity contribution < 1.29 is 19.7 Å². The van der Waals surface area contributed by atoms with E-state index in [1.54, 1.807) is 43.4 Å². The fourth-order valence-electron chi connectivity index (χ4n) is 3.27. The number of hydrogen-bond acceptors (Lipinski definition) is 6. The van der Waals surface area contributed by atoms with E-state index in [1.807, 2.05) is 54.6 Å². The zero-order valence-electron chi connectivity index (χ0n) is 17.8. The quantitative estimate of drug-likeness (QED) is 0.560. The summed E-state index contributed by atoms with van der Waals surface area (Å²) < 4.78 is 10.5. The normalized spacial score (nSPS) is 18.3. The largest absolute Gasteiger partial charge is 0.508 e. The topological polar surface area (TPSA) is 74.5 Å². The van der Waals surface area contributed by atoms with E-state index in [9.17, 15) is 10.2 Å². The third kappa shape index (κ3) is 4.90. The lowest BCUT2D eigenvalue weighted by molar-refractivity contribution is 0.233. The van der Waals surface area contributed by atoms with Crippen LogP contribution in [-0.4, -0.2) is 35.8 Å². The van der Waals surface area contributed by atoms with Crippen molar-refractivity contribution in [3.8, 4) is 17.2 Å². The highest BCUT2D eigenvalue weighted by molar-refractivity contribution is 8.18. The number of nitrogens with zero attached hydrogens (tertiary/aromatic N) is 2. The Balaban J connectivity index is 1.65. The van der Waals surface area contributed by atoms with Gasteiger partial charge in [-0.05, 0) is 65.7 Å². The first-order valence-electron chi connectivity index (χ1n) is 10.0. The molecule has 0 spiro atoms. The molecule has 1 aliphatic rings. The van der Waals surface area contributed by atoms with Crippen LogP contribution in [-0.2, 0) is 6.54 Å². The van der Waals surface area contributed by atoms with Gasteiger partial charge in [0.15, 0.2) is 11.4 Å². The summed E-state index contributed by atoms with van der Waals surface area (Å²) in [5.41, 5.74) is 2.74. The van der Waals surface area contributed by atoms with Crippen LogP contribution in [0.25, 0.3) is 6.08 Å². The van der Waals surface area contributed by atoms with Gasteiger partial charge in [0, 0.05) is 10.6 Å². The van der Waals surface area contributed by atoms with Crippen LogP contribution < -0.4 is 14.4 Å². The number of rotatable bonds is 6. The van der Waals surface area contributed by atoms with E-state index in [2.05, 4.69) is 0 Å². The minimum absolute atomic E-state index is 0.202. The number of aliphatic imine (C=N–C) groups is 1. The molecule has 3 aromatic carbocycles. The standard InChI is InChI=1S/C25H24N2O4S/c1-30-21-11-5-18(6-12-21)16-26-25-27(19-7-13-22(31-2)14-8-19)24(29)23(32-25)15-17-3-9-20(28)10-4-17/h3-15,24,28-29H,16H2,1-2H3/b23-15-,26-25?. The van der Waals surface area contributed by atoms with E-state index in [0.29, 0.717) is 11.7 Å². The molecule has 0 bridgehead atoms. The Morgan fingerprint density at radius 3 is 2.09 bits per heavy atom. The molecule has 6 nitrogen and oxygen atoms in total. The van der Waals surface area contributed by atoms with Crippen LogP contribution in [0.2, 0.25) is 0 Å². The molecule has 0 radical (unpaired) electrons. The molecule has 1 atom stereocenters. The van der Waals surface area contributed by atoms with Crippen LogP contribution in [0.4, 0.5) is 5.69 Å². The number of aromatic hydroxyl groups is 1. The number of aliphatic hydroxyl groups excluding tert-OH is 1. The molecule has 3 aromatic rings. The summed E-state index contributed by atoms with van der Waals surface area (Å²) in [6.07, 6.45) is 1.03. The van der Waals surface area contributed by atoms with Crippen molar-refractivity contribution in [2.24, 2.45) is 4.99 Å². The molecule has 0 saturated carbocycles. The Labute approximate surface area is 191 Å². The molecule has 0 aliphatic carbocycles. The SMILES string of the molecule is COc1ccc(CN=C2S/C(=C\c3ccc(O)cc3)C(O)N2c2ccc(OC)cc2)cc1. The second-order valence-corrected chi connectivity index (χ2v) is 8.17. The van der Waals surface area contributed by atoms with Crippen LogP contribution in [0.5, 0.6) is 17.2 Å². The van der Waals surface area contributed by atoms with Crippen LogP contribution in [0.3, 0.4) is 0 Å². The Kier molecular flexibility index (Phi) is 6.68. The van der Waals surface area contributed by atoms with Gasteiger partial charge in [-0.3, -0.25) is 9.89 Å². The number of phenolic OH excluding ortho intramolecular Hbond substituents is 1. The predicted molar refractivity (Wildman–Crippen MR) is 129 cm³/mol. The molecule has 1 aliphatic heterocycles. The Hall–Kier alpha value is -3.42. The van der Waals surface area contributed by atoms with Crippen LogP contribution in [0.15, 0.2) is 82.7 Å². The van der Waals surface area contributed by atoms with Crippen molar-refractivity contribution in [2.75, 3.05) is 19.1 Å². The van der Waals surface area contributed by atoms with E-state index < -0.39 is 6.23 Å². The number of amidine groups is 1. The van der Waals surface area contributed by atoms with Crippen molar-refractivity contribution in [3.63, 3.8) is 0 Å². The second-order valence-electron chi connectivity index (χ2n) is 7.13. The number of hydrogen-bond donors (Lipinski definition) is 2. The maximum atomic E-state index is 11.1. The molecular formula is C25H24N2O4S. The molecule has 1 fully saturated rings. The monoisotopic (exact) mass is 448 g/mol. The summed E-state index contributed by atoms with van der Waals surface area (Å²) in [4.78, 5) is 7.35. The lowest BCUT2D eigenvalue weighted by atomic mass is 10.2. The second kappa shape index (κ2) is 9.80. The molecule has 0 aromatic heterocycles. The van der Waals surface area contributed by atoms with Gasteiger partial charge in [-0.1, -0.05) is 36.0 Å². The first-order chi connectivity index (χ1) is 15.6. The smallest absolute Gasteiger partial charge is 0.171 e. The number of ether oxygens (including phenoxy) is 2. The summed E-state index contributed by atoms with van der Waals surface area (Å²) in [6, 6.07) is 22.1. The van der Waals surface area contributed by atoms with E-state index in [0.717, 1.165) is 33.2 Å². The van der Waals surface area contributed by atoms with E-state index in [4.69, 9.17) is 14.5 Å². The first-order valence-corrected chi connectivity index (χ1v) is 10.9. The first kappa shape index (κ1) is 21.8. The Morgan fingerprint density at radius 1 is 0.906 bits per heavy atom. The van der Waals surface area contributed by atoms with Gasteiger partial charge in [0.2, 0.25) is 0 Å². The molecule has 1 heterocycles. The average Bonchev–Trinajstić information content (AvgIpc) is 3.14. The molecule has 4 rings (SSSR count). The summed E-state index contributed by atoms with van der Waals surface area (Å²) in [5.74, 6) is 1.74. The summed E-state index contributed by atoms with van der Waals surface area (Å²) in [6.45, 7) is 0.470. The van der Waals surface area contributed by atoms with Crippen LogP contribution in [0.1, 0.15) is 11.1 Å². The van der Waals surface area contributed by atoms with Crippen molar-refractivity contribution in [3.05, 3.63) is 88.8 Å². The zero-order chi connectivity index (χ0) is 22.5. The fraction of sp³-hybridized carbons (Fsp3) is 0.160. The summed E-state index contributed by atoms with van der Waals surface area (Å²) >= 11 is 1.43. The van der Waals surface area contributed by atoms with Gasteiger partial charge >= 0.3 is 0 Å². The third-order valence-corrected chi connectivity index (χ3v) is 6.10. The number of aliphatic hydroxyl groups is 1. The molecular weight excluding hydrogens is 424 g/mol. The molecule has 1 unspecified atom stereocenters. The minimum atomic E-state index is -0.878. The lowest BCUT2D eigenvalue weighted by Gasteiger charge is -2.22. The van der Waals surface area contributed by atoms with Gasteiger partial charge < -0.3 is 19.7 Å². The van der Waals surface area contributed by atoms with Gasteiger partial charge in [-0.15, -0.1) is 0 Å². The Bertz CT molecular complexity index is 1110. The molecule has 7 heteroatoms. The third-order valence-electron chi connectivity index (χ3n) is 5.02. The maximum absolute atomic E-state index is 11.1. The van der Waals surface area contributed by atoms with Crippen molar-refractivity contribution in [1.82, 2.24) is 0 Å². The van der Waals surface area contributed by atoms with Gasteiger partial charge in [0.05, 0.1) is 20.8 Å². The van der Waals surface area contributed by atoms with E-state index in [1.165, 1.54) is 11.8 Å². The van der Waals surface area contributed by atoms with Crippen LogP contribution in [0, 0.1) is 0 Å². The number of methoxy groups -OCH3 is 2. The highest BCUT2D eigenvalue weighted by atomic mass is 32.2. The van der Waals surface area contributed by atoms with Crippen molar-refractivity contribution in [1.29, 1.82) is 0 Å². The highest BCUT2D eigenvalue weighted by Crippen LogP contribution is 2.39. The number of thioether (sulfide) groups is 1. The van der Waals surface area contributed by atoms with Crippen molar-refractivity contribution in [2.45, 2.75) is 12.8 Å². The average molecular weight is 449 g/mol. The number of phenols is 1. The predicted octanol–water partition coefficient (Wildman–Crippen LogP) is 4.88. The fourth-order valence-corrected chi connectivity index (χ4v) is 4.32. The minimum Gasteiger partial charge on any atom is -0.508 e. The zero-order valence-corrected chi connectivity index (χ0v) is 18.6. The Morgan fingerprint density at radius 2 is 1.50 bits per heavy atom. The van der Waals surface area contributed by atoms with Gasteiger partial charge in [-0.2, -0.15) is 0 Å². The molecule has 2 N–H and O–H groups in total. The summed E-state index contributed by atoms with van der Waals surface area (Å²) in [5, 5.41) is 21.4.